The second-order valence-electron chi connectivity index (χ2n) is 4.39. The first-order valence-corrected chi connectivity index (χ1v) is 6.58. The fraction of sp³-hybridized carbons (Fsp3) is 0.250. The van der Waals surface area contributed by atoms with Crippen LogP contribution in [0.4, 0.5) is 5.69 Å². The molecule has 3 N–H and O–H groups in total. The van der Waals surface area contributed by atoms with Gasteiger partial charge in [0.1, 0.15) is 5.75 Å². The Kier molecular flexibility index (Phi) is 5.26. The van der Waals surface area contributed by atoms with Crippen LogP contribution in [0.2, 0.25) is 0 Å². The molecule has 3 nitrogen and oxygen atoms in total. The highest BCUT2D eigenvalue weighted by Crippen LogP contribution is 2.10. The smallest absolute Gasteiger partial charge is 0.119 e. The molecule has 100 valence electrons. The molecule has 0 aliphatic carbocycles. The van der Waals surface area contributed by atoms with Gasteiger partial charge in [-0.15, -0.1) is 0 Å². The molecule has 0 amide bonds. The van der Waals surface area contributed by atoms with E-state index in [-0.39, 0.29) is 0 Å². The number of anilines is 1. The van der Waals surface area contributed by atoms with Gasteiger partial charge in [0.2, 0.25) is 0 Å². The van der Waals surface area contributed by atoms with Gasteiger partial charge in [0.15, 0.2) is 0 Å². The van der Waals surface area contributed by atoms with Crippen molar-refractivity contribution < 1.29 is 4.74 Å². The molecule has 0 aliphatic heterocycles. The minimum atomic E-state index is 0.723. The minimum Gasteiger partial charge on any atom is -0.494 e. The summed E-state index contributed by atoms with van der Waals surface area (Å²) in [5, 5.41) is 3.37. The Balaban J connectivity index is 1.59. The van der Waals surface area contributed by atoms with Crippen molar-refractivity contribution in [3.05, 3.63) is 60.2 Å². The third-order valence-corrected chi connectivity index (χ3v) is 2.88. The van der Waals surface area contributed by atoms with Crippen molar-refractivity contribution in [3.63, 3.8) is 0 Å². The topological polar surface area (TPSA) is 47.3 Å². The van der Waals surface area contributed by atoms with Gasteiger partial charge < -0.3 is 15.8 Å². The Labute approximate surface area is 114 Å². The van der Waals surface area contributed by atoms with Gasteiger partial charge in [-0.05, 0) is 36.7 Å². The molecule has 2 rings (SSSR count). The first-order chi connectivity index (χ1) is 9.36. The van der Waals surface area contributed by atoms with Crippen LogP contribution in [0.3, 0.4) is 0 Å². The number of para-hydroxylation sites is 2. The second kappa shape index (κ2) is 7.44. The first-order valence-electron chi connectivity index (χ1n) is 6.58. The molecule has 2 aromatic rings. The molecule has 0 saturated heterocycles. The normalized spacial score (nSPS) is 10.3. The Morgan fingerprint density at radius 3 is 2.47 bits per heavy atom. The monoisotopic (exact) mass is 256 g/mol. The van der Waals surface area contributed by atoms with Crippen molar-refractivity contribution in [3.8, 4) is 5.75 Å². The van der Waals surface area contributed by atoms with Gasteiger partial charge in [0.25, 0.3) is 0 Å². The van der Waals surface area contributed by atoms with Gasteiger partial charge in [0.05, 0.1) is 6.61 Å². The molecule has 0 unspecified atom stereocenters. The van der Waals surface area contributed by atoms with E-state index in [9.17, 15) is 0 Å². The SMILES string of the molecule is Nc1ccccc1CNCCCOc1ccccc1. The summed E-state index contributed by atoms with van der Waals surface area (Å²) in [5.41, 5.74) is 7.86. The average molecular weight is 256 g/mol. The molecule has 2 aromatic carbocycles. The van der Waals surface area contributed by atoms with Gasteiger partial charge in [-0.3, -0.25) is 0 Å². The molecule has 0 radical (unpaired) electrons. The number of benzene rings is 2. The lowest BCUT2D eigenvalue weighted by molar-refractivity contribution is 0.308. The third-order valence-electron chi connectivity index (χ3n) is 2.88. The highest BCUT2D eigenvalue weighted by atomic mass is 16.5. The van der Waals surface area contributed by atoms with E-state index in [0.29, 0.717) is 0 Å². The zero-order valence-electron chi connectivity index (χ0n) is 11.0. The molecule has 0 aliphatic rings. The Morgan fingerprint density at radius 2 is 1.68 bits per heavy atom. The Bertz CT molecular complexity index is 485. The first kappa shape index (κ1) is 13.4. The summed E-state index contributed by atoms with van der Waals surface area (Å²) in [4.78, 5) is 0. The summed E-state index contributed by atoms with van der Waals surface area (Å²) >= 11 is 0. The molecule has 3 heteroatoms. The lowest BCUT2D eigenvalue weighted by Crippen LogP contribution is -2.17. The van der Waals surface area contributed by atoms with Gasteiger partial charge in [0, 0.05) is 12.2 Å². The van der Waals surface area contributed by atoms with E-state index in [1.807, 2.05) is 54.6 Å². The number of hydrogen-bond acceptors (Lipinski definition) is 3. The summed E-state index contributed by atoms with van der Waals surface area (Å²) in [7, 11) is 0. The van der Waals surface area contributed by atoms with Crippen molar-refractivity contribution >= 4 is 5.69 Å². The zero-order chi connectivity index (χ0) is 13.3. The number of nitrogens with two attached hydrogens (primary N) is 1. The van der Waals surface area contributed by atoms with E-state index in [2.05, 4.69) is 5.32 Å². The Hall–Kier alpha value is -2.00. The molecule has 0 fully saturated rings. The van der Waals surface area contributed by atoms with Crippen LogP contribution in [0.5, 0.6) is 5.75 Å². The maximum Gasteiger partial charge on any atom is 0.119 e. The molecular formula is C16H20N2O. The quantitative estimate of drug-likeness (QED) is 0.591. The number of rotatable bonds is 7. The van der Waals surface area contributed by atoms with Crippen LogP contribution in [0.15, 0.2) is 54.6 Å². The van der Waals surface area contributed by atoms with Gasteiger partial charge in [-0.1, -0.05) is 36.4 Å². The van der Waals surface area contributed by atoms with Gasteiger partial charge >= 0.3 is 0 Å². The average Bonchev–Trinajstić information content (AvgIpc) is 2.45. The number of nitrogen functional groups attached to an aromatic ring is 1. The van der Waals surface area contributed by atoms with Gasteiger partial charge in [-0.25, -0.2) is 0 Å². The molecule has 0 bridgehead atoms. The van der Waals surface area contributed by atoms with Crippen LogP contribution < -0.4 is 15.8 Å². The summed E-state index contributed by atoms with van der Waals surface area (Å²) in [6, 6.07) is 17.8. The fourth-order valence-electron chi connectivity index (χ4n) is 1.82. The minimum absolute atomic E-state index is 0.723. The molecule has 0 atom stereocenters. The highest BCUT2D eigenvalue weighted by molar-refractivity contribution is 5.46. The van der Waals surface area contributed by atoms with E-state index < -0.39 is 0 Å². The fourth-order valence-corrected chi connectivity index (χ4v) is 1.82. The van der Waals surface area contributed by atoms with Crippen molar-refractivity contribution in [2.75, 3.05) is 18.9 Å². The lowest BCUT2D eigenvalue weighted by Gasteiger charge is -2.08. The maximum atomic E-state index is 5.87. The van der Waals surface area contributed by atoms with Crippen molar-refractivity contribution in [2.24, 2.45) is 0 Å². The summed E-state index contributed by atoms with van der Waals surface area (Å²) in [5.74, 6) is 0.926. The predicted molar refractivity (Wildman–Crippen MR) is 79.1 cm³/mol. The number of nitrogens with one attached hydrogen (secondary N) is 1. The van der Waals surface area contributed by atoms with E-state index in [4.69, 9.17) is 10.5 Å². The van der Waals surface area contributed by atoms with Crippen molar-refractivity contribution in [1.82, 2.24) is 5.32 Å². The van der Waals surface area contributed by atoms with Gasteiger partial charge in [-0.2, -0.15) is 0 Å². The highest BCUT2D eigenvalue weighted by Gasteiger charge is 1.97. The van der Waals surface area contributed by atoms with Crippen LogP contribution in [0.1, 0.15) is 12.0 Å². The summed E-state index contributed by atoms with van der Waals surface area (Å²) in [6.07, 6.45) is 0.974. The molecule has 0 aromatic heterocycles. The molecule has 0 spiro atoms. The zero-order valence-corrected chi connectivity index (χ0v) is 11.0. The largest absolute Gasteiger partial charge is 0.494 e. The maximum absolute atomic E-state index is 5.87. The van der Waals surface area contributed by atoms with E-state index in [1.54, 1.807) is 0 Å². The number of ether oxygens (including phenoxy) is 1. The van der Waals surface area contributed by atoms with E-state index in [0.717, 1.165) is 43.1 Å². The number of hydrogen-bond donors (Lipinski definition) is 2. The van der Waals surface area contributed by atoms with Crippen molar-refractivity contribution in [2.45, 2.75) is 13.0 Å². The summed E-state index contributed by atoms with van der Waals surface area (Å²) in [6.45, 7) is 2.44. The predicted octanol–water partition coefficient (Wildman–Crippen LogP) is 2.83. The lowest BCUT2D eigenvalue weighted by atomic mass is 10.2. The molecule has 19 heavy (non-hydrogen) atoms. The Morgan fingerprint density at radius 1 is 0.947 bits per heavy atom. The van der Waals surface area contributed by atoms with Crippen LogP contribution in [0.25, 0.3) is 0 Å². The van der Waals surface area contributed by atoms with Crippen LogP contribution in [-0.2, 0) is 6.54 Å². The standard InChI is InChI=1S/C16H20N2O/c17-16-10-5-4-7-14(16)13-18-11-6-12-19-15-8-2-1-3-9-15/h1-5,7-10,18H,6,11-13,17H2. The second-order valence-corrected chi connectivity index (χ2v) is 4.39. The molecular weight excluding hydrogens is 236 g/mol. The van der Waals surface area contributed by atoms with Crippen LogP contribution in [0, 0.1) is 0 Å². The molecule has 0 heterocycles. The summed E-state index contributed by atoms with van der Waals surface area (Å²) < 4.78 is 5.62. The third kappa shape index (κ3) is 4.64. The van der Waals surface area contributed by atoms with Crippen LogP contribution >= 0.6 is 0 Å². The van der Waals surface area contributed by atoms with Crippen molar-refractivity contribution in [1.29, 1.82) is 0 Å². The molecule has 0 saturated carbocycles. The van der Waals surface area contributed by atoms with E-state index >= 15 is 0 Å². The van der Waals surface area contributed by atoms with Crippen LogP contribution in [-0.4, -0.2) is 13.2 Å². The van der Waals surface area contributed by atoms with E-state index in [1.165, 1.54) is 0 Å².